The molecule has 1 amide bonds. The van der Waals surface area contributed by atoms with Gasteiger partial charge in [-0.25, -0.2) is 0 Å². The summed E-state index contributed by atoms with van der Waals surface area (Å²) in [6.07, 6.45) is 2.13. The first-order valence-electron chi connectivity index (χ1n) is 5.50. The molecule has 82 valence electrons. The zero-order valence-corrected chi connectivity index (χ0v) is 9.63. The molecule has 0 saturated carbocycles. The molecule has 1 aromatic heterocycles. The normalized spacial score (nSPS) is 19.8. The first kappa shape index (κ1) is 10.3. The molecule has 0 spiro atoms. The molecule has 0 fully saturated rings. The minimum absolute atomic E-state index is 0.0741. The summed E-state index contributed by atoms with van der Waals surface area (Å²) in [6, 6.07) is 2.57. The molecule has 1 aromatic rings. The summed E-state index contributed by atoms with van der Waals surface area (Å²) in [5, 5.41) is 3.00. The predicted molar refractivity (Wildman–Crippen MR) is 59.8 cm³/mol. The largest absolute Gasteiger partial charge is 0.352 e. The fourth-order valence-electron chi connectivity index (χ4n) is 2.36. The van der Waals surface area contributed by atoms with Gasteiger partial charge in [-0.05, 0) is 38.3 Å². The van der Waals surface area contributed by atoms with E-state index in [9.17, 15) is 4.79 Å². The Bertz CT molecular complexity index is 393. The van der Waals surface area contributed by atoms with Crippen LogP contribution in [0.4, 0.5) is 0 Å². The second-order valence-corrected chi connectivity index (χ2v) is 4.45. The Morgan fingerprint density at radius 3 is 2.93 bits per heavy atom. The Morgan fingerprint density at radius 1 is 1.53 bits per heavy atom. The molecule has 1 aliphatic heterocycles. The van der Waals surface area contributed by atoms with Gasteiger partial charge >= 0.3 is 0 Å². The maximum Gasteiger partial charge on any atom is 0.217 e. The van der Waals surface area contributed by atoms with E-state index in [1.165, 1.54) is 17.0 Å². The van der Waals surface area contributed by atoms with Crippen LogP contribution in [0.5, 0.6) is 0 Å². The highest BCUT2D eigenvalue weighted by molar-refractivity contribution is 5.73. The number of rotatable bonds is 1. The minimum atomic E-state index is 0.0741. The molecule has 0 aliphatic carbocycles. The molecule has 3 heteroatoms. The molecule has 3 nitrogen and oxygen atoms in total. The van der Waals surface area contributed by atoms with Gasteiger partial charge in [0.05, 0.1) is 0 Å². The summed E-state index contributed by atoms with van der Waals surface area (Å²) >= 11 is 0. The highest BCUT2D eigenvalue weighted by atomic mass is 16.1. The van der Waals surface area contributed by atoms with Crippen LogP contribution in [0.15, 0.2) is 6.07 Å². The number of carbonyl (C=O) groups excluding carboxylic acids is 1. The molecule has 0 saturated heterocycles. The van der Waals surface area contributed by atoms with Crippen molar-refractivity contribution in [2.45, 2.75) is 46.2 Å². The van der Waals surface area contributed by atoms with Crippen molar-refractivity contribution in [3.05, 3.63) is 23.0 Å². The number of nitrogens with zero attached hydrogens (tertiary/aromatic N) is 1. The first-order chi connectivity index (χ1) is 7.08. The van der Waals surface area contributed by atoms with Crippen molar-refractivity contribution < 1.29 is 4.79 Å². The molecule has 1 aliphatic rings. The van der Waals surface area contributed by atoms with E-state index in [0.717, 1.165) is 19.4 Å². The zero-order chi connectivity index (χ0) is 11.0. The fraction of sp³-hybridized carbons (Fsp3) is 0.583. The molecule has 0 bridgehead atoms. The third kappa shape index (κ3) is 1.91. The highest BCUT2D eigenvalue weighted by Crippen LogP contribution is 2.21. The molecule has 2 heterocycles. The number of amides is 1. The second kappa shape index (κ2) is 3.72. The van der Waals surface area contributed by atoms with E-state index < -0.39 is 0 Å². The summed E-state index contributed by atoms with van der Waals surface area (Å²) < 4.78 is 2.33. The van der Waals surface area contributed by atoms with Crippen LogP contribution in [0.3, 0.4) is 0 Å². The van der Waals surface area contributed by atoms with Crippen LogP contribution in [-0.2, 0) is 17.8 Å². The standard InChI is InChI=1S/C12H18N2O/c1-8-6-12-5-4-11(13-10(3)15)7-14(12)9(8)2/h6,11H,4-5,7H2,1-3H3,(H,13,15). The van der Waals surface area contributed by atoms with Gasteiger partial charge in [-0.15, -0.1) is 0 Å². The van der Waals surface area contributed by atoms with E-state index in [1.54, 1.807) is 6.92 Å². The van der Waals surface area contributed by atoms with Crippen LogP contribution >= 0.6 is 0 Å². The van der Waals surface area contributed by atoms with Crippen molar-refractivity contribution in [3.8, 4) is 0 Å². The average Bonchev–Trinajstić information content (AvgIpc) is 2.43. The fourth-order valence-corrected chi connectivity index (χ4v) is 2.36. The quantitative estimate of drug-likeness (QED) is 0.743. The number of carbonyl (C=O) groups is 1. The van der Waals surface area contributed by atoms with Gasteiger partial charge in [-0.2, -0.15) is 0 Å². The van der Waals surface area contributed by atoms with Crippen molar-refractivity contribution in [1.82, 2.24) is 9.88 Å². The number of hydrogen-bond donors (Lipinski definition) is 1. The van der Waals surface area contributed by atoms with Crippen molar-refractivity contribution in [1.29, 1.82) is 0 Å². The van der Waals surface area contributed by atoms with Gasteiger partial charge in [0, 0.05) is 30.9 Å². The van der Waals surface area contributed by atoms with Gasteiger partial charge in [0.2, 0.25) is 5.91 Å². The summed E-state index contributed by atoms with van der Waals surface area (Å²) in [5.74, 6) is 0.0741. The van der Waals surface area contributed by atoms with Crippen molar-refractivity contribution in [3.63, 3.8) is 0 Å². The molecule has 2 rings (SSSR count). The van der Waals surface area contributed by atoms with Crippen LogP contribution < -0.4 is 5.32 Å². The summed E-state index contributed by atoms with van der Waals surface area (Å²) in [6.45, 7) is 6.81. The Labute approximate surface area is 90.5 Å². The van der Waals surface area contributed by atoms with Gasteiger partial charge in [-0.3, -0.25) is 4.79 Å². The number of nitrogens with one attached hydrogen (secondary N) is 1. The first-order valence-corrected chi connectivity index (χ1v) is 5.50. The predicted octanol–water partition coefficient (Wildman–Crippen LogP) is 1.56. The van der Waals surface area contributed by atoms with Crippen molar-refractivity contribution in [2.24, 2.45) is 0 Å². The molecule has 0 aromatic carbocycles. The van der Waals surface area contributed by atoms with E-state index in [4.69, 9.17) is 0 Å². The smallest absolute Gasteiger partial charge is 0.217 e. The SMILES string of the molecule is CC(=O)NC1CCc2cc(C)c(C)n2C1. The molecule has 15 heavy (non-hydrogen) atoms. The van der Waals surface area contributed by atoms with Crippen LogP contribution in [0.25, 0.3) is 0 Å². The van der Waals surface area contributed by atoms with Crippen molar-refractivity contribution >= 4 is 5.91 Å². The van der Waals surface area contributed by atoms with Gasteiger partial charge in [0.1, 0.15) is 0 Å². The molecular weight excluding hydrogens is 188 g/mol. The van der Waals surface area contributed by atoms with E-state index in [-0.39, 0.29) is 5.91 Å². The van der Waals surface area contributed by atoms with Gasteiger partial charge in [-0.1, -0.05) is 0 Å². The lowest BCUT2D eigenvalue weighted by atomic mass is 10.1. The monoisotopic (exact) mass is 206 g/mol. The van der Waals surface area contributed by atoms with Crippen LogP contribution in [-0.4, -0.2) is 16.5 Å². The number of fused-ring (bicyclic) bond motifs is 1. The van der Waals surface area contributed by atoms with E-state index in [0.29, 0.717) is 6.04 Å². The second-order valence-electron chi connectivity index (χ2n) is 4.45. The summed E-state index contributed by atoms with van der Waals surface area (Å²) in [7, 11) is 0. The molecule has 0 radical (unpaired) electrons. The number of hydrogen-bond acceptors (Lipinski definition) is 1. The summed E-state index contributed by atoms with van der Waals surface area (Å²) in [4.78, 5) is 11.0. The molecule has 1 N–H and O–H groups in total. The molecule has 1 unspecified atom stereocenters. The molecule has 1 atom stereocenters. The number of aromatic nitrogens is 1. The van der Waals surface area contributed by atoms with Crippen LogP contribution in [0.2, 0.25) is 0 Å². The number of aryl methyl sites for hydroxylation is 2. The maximum absolute atomic E-state index is 11.0. The Kier molecular flexibility index (Phi) is 2.55. The van der Waals surface area contributed by atoms with E-state index in [2.05, 4.69) is 29.8 Å². The van der Waals surface area contributed by atoms with Crippen LogP contribution in [0.1, 0.15) is 30.3 Å². The lowest BCUT2D eigenvalue weighted by Gasteiger charge is -2.26. The summed E-state index contributed by atoms with van der Waals surface area (Å²) in [5.41, 5.74) is 4.10. The lowest BCUT2D eigenvalue weighted by molar-refractivity contribution is -0.119. The molecular formula is C12H18N2O. The lowest BCUT2D eigenvalue weighted by Crippen LogP contribution is -2.39. The van der Waals surface area contributed by atoms with E-state index >= 15 is 0 Å². The zero-order valence-electron chi connectivity index (χ0n) is 9.63. The van der Waals surface area contributed by atoms with Crippen molar-refractivity contribution in [2.75, 3.05) is 0 Å². The van der Waals surface area contributed by atoms with Gasteiger partial charge < -0.3 is 9.88 Å². The highest BCUT2D eigenvalue weighted by Gasteiger charge is 2.20. The third-order valence-corrected chi connectivity index (χ3v) is 3.26. The van der Waals surface area contributed by atoms with E-state index in [1.807, 2.05) is 0 Å². The Hall–Kier alpha value is -1.25. The average molecular weight is 206 g/mol. The third-order valence-electron chi connectivity index (χ3n) is 3.26. The van der Waals surface area contributed by atoms with Crippen LogP contribution in [0, 0.1) is 13.8 Å². The van der Waals surface area contributed by atoms with Gasteiger partial charge in [0.25, 0.3) is 0 Å². The Morgan fingerprint density at radius 2 is 2.27 bits per heavy atom. The maximum atomic E-state index is 11.0. The Balaban J connectivity index is 2.18. The minimum Gasteiger partial charge on any atom is -0.352 e. The topological polar surface area (TPSA) is 34.0 Å². The van der Waals surface area contributed by atoms with Gasteiger partial charge in [0.15, 0.2) is 0 Å².